The highest BCUT2D eigenvalue weighted by Gasteiger charge is 2.09. The Kier molecular flexibility index (Phi) is 8.12. The fourth-order valence-electron chi connectivity index (χ4n) is 2.24. The summed E-state index contributed by atoms with van der Waals surface area (Å²) in [6, 6.07) is 8.73. The van der Waals surface area contributed by atoms with Crippen molar-refractivity contribution < 1.29 is 14.3 Å². The van der Waals surface area contributed by atoms with Crippen molar-refractivity contribution in [2.45, 2.75) is 20.8 Å². The summed E-state index contributed by atoms with van der Waals surface area (Å²) in [4.78, 5) is 12.0. The Hall–Kier alpha value is -2.06. The molecule has 0 aliphatic carbocycles. The average molecular weight is 499 g/mol. The van der Waals surface area contributed by atoms with Gasteiger partial charge in [-0.15, -0.1) is 0 Å². The molecule has 2 N–H and O–H groups in total. The zero-order valence-corrected chi connectivity index (χ0v) is 18.5. The first-order valence-electron chi connectivity index (χ1n) is 8.40. The summed E-state index contributed by atoms with van der Waals surface area (Å²) >= 11 is 6.89. The Balaban J connectivity index is 2.06. The maximum absolute atomic E-state index is 12.0. The second-order valence-electron chi connectivity index (χ2n) is 5.47. The molecule has 0 aliphatic rings. The highest BCUT2D eigenvalue weighted by molar-refractivity contribution is 9.10. The van der Waals surface area contributed by atoms with Crippen LogP contribution < -0.4 is 20.2 Å². The largest absolute Gasteiger partial charge is 0.493 e. The quantitative estimate of drug-likeness (QED) is 0.392. The Morgan fingerprint density at radius 2 is 1.78 bits per heavy atom. The average Bonchev–Trinajstić information content (AvgIpc) is 2.62. The normalized spacial score (nSPS) is 10.7. The minimum atomic E-state index is -0.434. The minimum absolute atomic E-state index is 0.434. The highest BCUT2D eigenvalue weighted by atomic mass is 79.9. The second-order valence-corrected chi connectivity index (χ2v) is 7.18. The summed E-state index contributed by atoms with van der Waals surface area (Å²) in [7, 11) is 0. The van der Waals surface area contributed by atoms with E-state index in [1.165, 1.54) is 6.21 Å². The highest BCUT2D eigenvalue weighted by Crippen LogP contribution is 2.32. The summed E-state index contributed by atoms with van der Waals surface area (Å²) in [5, 5.41) is 6.73. The van der Waals surface area contributed by atoms with Gasteiger partial charge in [0.2, 0.25) is 0 Å². The number of carbonyl (C=O) groups excluding carboxylic acids is 1. The summed E-state index contributed by atoms with van der Waals surface area (Å²) in [6.45, 7) is 6.82. The van der Waals surface area contributed by atoms with Gasteiger partial charge in [0.15, 0.2) is 0 Å². The van der Waals surface area contributed by atoms with E-state index in [0.29, 0.717) is 36.0 Å². The molecule has 0 aromatic heterocycles. The molecule has 27 heavy (non-hydrogen) atoms. The molecule has 0 saturated carbocycles. The van der Waals surface area contributed by atoms with Crippen LogP contribution in [0.3, 0.4) is 0 Å². The SMILES string of the molecule is CCOc1cc(OCC)c(/C=N/NC(=O)Nc2ccc(Br)c(C)c2)cc1Br. The number of halogens is 2. The van der Waals surface area contributed by atoms with Gasteiger partial charge in [0.25, 0.3) is 0 Å². The summed E-state index contributed by atoms with van der Waals surface area (Å²) in [6.07, 6.45) is 1.53. The van der Waals surface area contributed by atoms with Gasteiger partial charge in [-0.05, 0) is 66.5 Å². The number of carbonyl (C=O) groups is 1. The molecule has 0 atom stereocenters. The Morgan fingerprint density at radius 3 is 2.44 bits per heavy atom. The standard InChI is InChI=1S/C19H21Br2N3O3/c1-4-26-17-10-18(27-5-2)16(21)9-13(17)11-22-24-19(25)23-14-6-7-15(20)12(3)8-14/h6-11H,4-5H2,1-3H3,(H2,23,24,25)/b22-11+. The van der Waals surface area contributed by atoms with Crippen molar-refractivity contribution in [1.29, 1.82) is 0 Å². The Bertz CT molecular complexity index is 841. The lowest BCUT2D eigenvalue weighted by atomic mass is 10.2. The molecule has 2 amide bonds. The number of rotatable bonds is 7. The third kappa shape index (κ3) is 6.25. The van der Waals surface area contributed by atoms with Crippen LogP contribution in [0, 0.1) is 6.92 Å². The fraction of sp³-hybridized carbons (Fsp3) is 0.263. The van der Waals surface area contributed by atoms with Crippen molar-refractivity contribution in [1.82, 2.24) is 5.43 Å². The van der Waals surface area contributed by atoms with E-state index in [4.69, 9.17) is 9.47 Å². The maximum atomic E-state index is 12.0. The van der Waals surface area contributed by atoms with Crippen LogP contribution in [0.2, 0.25) is 0 Å². The van der Waals surface area contributed by atoms with Gasteiger partial charge in [-0.3, -0.25) is 0 Å². The van der Waals surface area contributed by atoms with Crippen LogP contribution in [0.15, 0.2) is 44.4 Å². The lowest BCUT2D eigenvalue weighted by Crippen LogP contribution is -2.24. The van der Waals surface area contributed by atoms with E-state index in [-0.39, 0.29) is 0 Å². The van der Waals surface area contributed by atoms with Crippen molar-refractivity contribution in [3.63, 3.8) is 0 Å². The molecule has 0 saturated heterocycles. The van der Waals surface area contributed by atoms with Crippen molar-refractivity contribution in [3.8, 4) is 11.5 Å². The smallest absolute Gasteiger partial charge is 0.339 e. The summed E-state index contributed by atoms with van der Waals surface area (Å²) < 4.78 is 12.9. The molecule has 0 bridgehead atoms. The Labute approximate surface area is 175 Å². The van der Waals surface area contributed by atoms with E-state index >= 15 is 0 Å². The van der Waals surface area contributed by atoms with E-state index < -0.39 is 6.03 Å². The molecule has 2 aromatic carbocycles. The van der Waals surface area contributed by atoms with Crippen LogP contribution >= 0.6 is 31.9 Å². The van der Waals surface area contributed by atoms with E-state index in [9.17, 15) is 4.79 Å². The number of nitrogens with zero attached hydrogens (tertiary/aromatic N) is 1. The molecule has 8 heteroatoms. The number of benzene rings is 2. The van der Waals surface area contributed by atoms with Gasteiger partial charge in [0.1, 0.15) is 11.5 Å². The monoisotopic (exact) mass is 497 g/mol. The second kappa shape index (κ2) is 10.3. The van der Waals surface area contributed by atoms with E-state index in [2.05, 4.69) is 47.7 Å². The molecular weight excluding hydrogens is 478 g/mol. The van der Waals surface area contributed by atoms with E-state index in [1.54, 1.807) is 12.1 Å². The molecule has 0 spiro atoms. The zero-order valence-electron chi connectivity index (χ0n) is 15.3. The number of hydrazone groups is 1. The van der Waals surface area contributed by atoms with Crippen LogP contribution in [0.5, 0.6) is 11.5 Å². The van der Waals surface area contributed by atoms with Gasteiger partial charge >= 0.3 is 6.03 Å². The van der Waals surface area contributed by atoms with E-state index in [0.717, 1.165) is 14.5 Å². The number of anilines is 1. The van der Waals surface area contributed by atoms with Crippen LogP contribution in [0.25, 0.3) is 0 Å². The summed E-state index contributed by atoms with van der Waals surface area (Å²) in [5.41, 5.74) is 4.87. The lowest BCUT2D eigenvalue weighted by Gasteiger charge is -2.12. The van der Waals surface area contributed by atoms with Crippen LogP contribution in [-0.2, 0) is 0 Å². The van der Waals surface area contributed by atoms with Crippen molar-refractivity contribution in [2.75, 3.05) is 18.5 Å². The predicted octanol–water partition coefficient (Wildman–Crippen LogP) is 5.47. The van der Waals surface area contributed by atoms with Crippen LogP contribution in [-0.4, -0.2) is 25.5 Å². The van der Waals surface area contributed by atoms with Gasteiger partial charge in [-0.1, -0.05) is 15.9 Å². The van der Waals surface area contributed by atoms with Gasteiger partial charge in [-0.2, -0.15) is 5.10 Å². The molecule has 0 unspecified atom stereocenters. The van der Waals surface area contributed by atoms with Crippen LogP contribution in [0.4, 0.5) is 10.5 Å². The first kappa shape index (κ1) is 21.2. The molecule has 6 nitrogen and oxygen atoms in total. The Morgan fingerprint density at radius 1 is 1.07 bits per heavy atom. The number of amides is 2. The van der Waals surface area contributed by atoms with Crippen LogP contribution in [0.1, 0.15) is 25.0 Å². The first-order chi connectivity index (χ1) is 12.9. The van der Waals surface area contributed by atoms with E-state index in [1.807, 2.05) is 39.0 Å². The zero-order chi connectivity index (χ0) is 19.8. The number of ether oxygens (including phenoxy) is 2. The molecular formula is C19H21Br2N3O3. The summed E-state index contributed by atoms with van der Waals surface area (Å²) in [5.74, 6) is 1.31. The number of hydrogen-bond donors (Lipinski definition) is 2. The third-order valence-corrected chi connectivity index (χ3v) is 4.96. The molecule has 2 aromatic rings. The third-order valence-electron chi connectivity index (χ3n) is 3.45. The van der Waals surface area contributed by atoms with Gasteiger partial charge in [0, 0.05) is 21.8 Å². The fourth-order valence-corrected chi connectivity index (χ4v) is 2.96. The minimum Gasteiger partial charge on any atom is -0.493 e. The molecule has 0 aliphatic heterocycles. The predicted molar refractivity (Wildman–Crippen MR) is 115 cm³/mol. The molecule has 0 radical (unpaired) electrons. The maximum Gasteiger partial charge on any atom is 0.339 e. The number of hydrogen-bond acceptors (Lipinski definition) is 4. The molecule has 0 fully saturated rings. The first-order valence-corrected chi connectivity index (χ1v) is 9.98. The van der Waals surface area contributed by atoms with Crippen molar-refractivity contribution in [3.05, 3.63) is 50.4 Å². The number of nitrogens with one attached hydrogen (secondary N) is 2. The van der Waals surface area contributed by atoms with Gasteiger partial charge < -0.3 is 14.8 Å². The van der Waals surface area contributed by atoms with Gasteiger partial charge in [-0.25, -0.2) is 10.2 Å². The van der Waals surface area contributed by atoms with Crippen molar-refractivity contribution in [2.24, 2.45) is 5.10 Å². The topological polar surface area (TPSA) is 72.0 Å². The molecule has 144 valence electrons. The van der Waals surface area contributed by atoms with Gasteiger partial charge in [0.05, 0.1) is 23.9 Å². The lowest BCUT2D eigenvalue weighted by molar-refractivity contribution is 0.252. The molecule has 2 rings (SSSR count). The number of urea groups is 1. The molecule has 0 heterocycles. The van der Waals surface area contributed by atoms with Crippen molar-refractivity contribution >= 4 is 49.8 Å². The number of aryl methyl sites for hydroxylation is 1.